The normalized spacial score (nSPS) is 16.4. The summed E-state index contributed by atoms with van der Waals surface area (Å²) < 4.78 is 7.87. The molecule has 2 aromatic heterocycles. The molecule has 2 aliphatic rings. The summed E-state index contributed by atoms with van der Waals surface area (Å²) in [5, 5.41) is 6.47. The van der Waals surface area contributed by atoms with Gasteiger partial charge in [0.15, 0.2) is 0 Å². The summed E-state index contributed by atoms with van der Waals surface area (Å²) in [6.45, 7) is 6.75. The Bertz CT molecular complexity index is 1110. The van der Waals surface area contributed by atoms with Gasteiger partial charge in [-0.15, -0.1) is 11.3 Å². The summed E-state index contributed by atoms with van der Waals surface area (Å²) in [7, 11) is 1.96. The fraction of sp³-hybridized carbons (Fsp3) is 0.440. The highest BCUT2D eigenvalue weighted by Gasteiger charge is 2.24. The number of piperazine rings is 1. The Balaban J connectivity index is 1.13. The van der Waals surface area contributed by atoms with Gasteiger partial charge >= 0.3 is 0 Å². The Kier molecular flexibility index (Phi) is 6.02. The van der Waals surface area contributed by atoms with E-state index in [1.807, 2.05) is 28.1 Å². The van der Waals surface area contributed by atoms with Crippen LogP contribution in [0.25, 0.3) is 0 Å². The molecule has 0 N–H and O–H groups in total. The van der Waals surface area contributed by atoms with Crippen molar-refractivity contribution in [2.24, 2.45) is 7.05 Å². The SMILES string of the molecule is Cc1nn(C)cc1CN1CCN(C(=O)c2cc(COc3ccc4c(c3)CCC4)cs2)CC1. The zero-order chi connectivity index (χ0) is 22.1. The first-order valence-electron chi connectivity index (χ1n) is 11.4. The molecule has 1 aliphatic heterocycles. The number of hydrogen-bond acceptors (Lipinski definition) is 5. The number of aryl methyl sites for hydroxylation is 4. The number of hydrogen-bond donors (Lipinski definition) is 0. The van der Waals surface area contributed by atoms with Crippen molar-refractivity contribution >= 4 is 17.2 Å². The minimum absolute atomic E-state index is 0.135. The van der Waals surface area contributed by atoms with Gasteiger partial charge in [0.1, 0.15) is 12.4 Å². The van der Waals surface area contributed by atoms with Crippen molar-refractivity contribution in [3.8, 4) is 5.75 Å². The van der Waals surface area contributed by atoms with Crippen LogP contribution in [0.4, 0.5) is 0 Å². The number of thiophene rings is 1. The molecular formula is C25H30N4O2S. The van der Waals surface area contributed by atoms with Gasteiger partial charge in [-0.3, -0.25) is 14.4 Å². The monoisotopic (exact) mass is 450 g/mol. The van der Waals surface area contributed by atoms with E-state index in [0.29, 0.717) is 6.61 Å². The van der Waals surface area contributed by atoms with E-state index >= 15 is 0 Å². The van der Waals surface area contributed by atoms with Gasteiger partial charge in [-0.1, -0.05) is 6.07 Å². The highest BCUT2D eigenvalue weighted by atomic mass is 32.1. The molecule has 3 aromatic rings. The zero-order valence-electron chi connectivity index (χ0n) is 18.8. The van der Waals surface area contributed by atoms with Crippen LogP contribution in [0.5, 0.6) is 5.75 Å². The van der Waals surface area contributed by atoms with Crippen LogP contribution in [0.1, 0.15) is 44.0 Å². The molecule has 3 heterocycles. The summed E-state index contributed by atoms with van der Waals surface area (Å²) in [6, 6.07) is 8.42. The number of rotatable bonds is 6. The second-order valence-electron chi connectivity index (χ2n) is 8.87. The smallest absolute Gasteiger partial charge is 0.264 e. The largest absolute Gasteiger partial charge is 0.489 e. The minimum Gasteiger partial charge on any atom is -0.489 e. The zero-order valence-corrected chi connectivity index (χ0v) is 19.7. The van der Waals surface area contributed by atoms with Crippen LogP contribution < -0.4 is 4.74 Å². The minimum atomic E-state index is 0.135. The molecule has 1 aromatic carbocycles. The number of aromatic nitrogens is 2. The van der Waals surface area contributed by atoms with Gasteiger partial charge in [-0.25, -0.2) is 0 Å². The first-order valence-corrected chi connectivity index (χ1v) is 12.3. The molecule has 0 saturated carbocycles. The van der Waals surface area contributed by atoms with Crippen LogP contribution in [0, 0.1) is 6.92 Å². The van der Waals surface area contributed by atoms with E-state index in [9.17, 15) is 4.79 Å². The van der Waals surface area contributed by atoms with Crippen molar-refractivity contribution in [1.29, 1.82) is 0 Å². The molecule has 32 heavy (non-hydrogen) atoms. The van der Waals surface area contributed by atoms with E-state index < -0.39 is 0 Å². The molecule has 168 valence electrons. The summed E-state index contributed by atoms with van der Waals surface area (Å²) in [5.74, 6) is 1.06. The molecule has 1 fully saturated rings. The first-order chi connectivity index (χ1) is 15.5. The van der Waals surface area contributed by atoms with E-state index in [2.05, 4.69) is 41.3 Å². The molecule has 7 heteroatoms. The molecule has 0 bridgehead atoms. The van der Waals surface area contributed by atoms with E-state index in [-0.39, 0.29) is 5.91 Å². The lowest BCUT2D eigenvalue weighted by Gasteiger charge is -2.34. The van der Waals surface area contributed by atoms with Gasteiger partial charge in [0.2, 0.25) is 0 Å². The van der Waals surface area contributed by atoms with Gasteiger partial charge in [-0.2, -0.15) is 5.10 Å². The summed E-state index contributed by atoms with van der Waals surface area (Å²) in [6.07, 6.45) is 5.67. The predicted molar refractivity (Wildman–Crippen MR) is 126 cm³/mol. The second-order valence-corrected chi connectivity index (χ2v) is 9.78. The van der Waals surface area contributed by atoms with Crippen molar-refractivity contribution in [1.82, 2.24) is 19.6 Å². The van der Waals surface area contributed by atoms with Gasteiger partial charge in [0.05, 0.1) is 10.6 Å². The number of carbonyl (C=O) groups is 1. The molecule has 0 unspecified atom stereocenters. The lowest BCUT2D eigenvalue weighted by molar-refractivity contribution is 0.0633. The average Bonchev–Trinajstić information content (AvgIpc) is 3.52. The fourth-order valence-corrected chi connectivity index (χ4v) is 5.54. The van der Waals surface area contributed by atoms with Crippen molar-refractivity contribution in [3.63, 3.8) is 0 Å². The average molecular weight is 451 g/mol. The van der Waals surface area contributed by atoms with E-state index in [1.165, 1.54) is 40.9 Å². The van der Waals surface area contributed by atoms with Crippen LogP contribution in [0.15, 0.2) is 35.8 Å². The molecule has 0 spiro atoms. The van der Waals surface area contributed by atoms with Crippen molar-refractivity contribution in [2.75, 3.05) is 26.2 Å². The number of amides is 1. The van der Waals surface area contributed by atoms with Gasteiger partial charge < -0.3 is 9.64 Å². The highest BCUT2D eigenvalue weighted by molar-refractivity contribution is 7.12. The Morgan fingerprint density at radius 3 is 2.72 bits per heavy atom. The summed E-state index contributed by atoms with van der Waals surface area (Å²) in [4.78, 5) is 18.2. The van der Waals surface area contributed by atoms with E-state index in [0.717, 1.165) is 61.0 Å². The Labute approximate surface area is 193 Å². The quantitative estimate of drug-likeness (QED) is 0.573. The highest BCUT2D eigenvalue weighted by Crippen LogP contribution is 2.27. The lowest BCUT2D eigenvalue weighted by atomic mass is 10.1. The summed E-state index contributed by atoms with van der Waals surface area (Å²) >= 11 is 1.52. The molecule has 6 nitrogen and oxygen atoms in total. The van der Waals surface area contributed by atoms with Crippen LogP contribution in [-0.2, 0) is 33.0 Å². The third-order valence-corrected chi connectivity index (χ3v) is 7.48. The van der Waals surface area contributed by atoms with Crippen LogP contribution >= 0.6 is 11.3 Å². The number of nitrogens with zero attached hydrogens (tertiary/aromatic N) is 4. The molecule has 0 atom stereocenters. The van der Waals surface area contributed by atoms with Crippen LogP contribution in [0.3, 0.4) is 0 Å². The number of ether oxygens (including phenoxy) is 1. The third-order valence-electron chi connectivity index (χ3n) is 6.51. The van der Waals surface area contributed by atoms with Crippen LogP contribution in [-0.4, -0.2) is 51.7 Å². The predicted octanol–water partition coefficient (Wildman–Crippen LogP) is 3.82. The van der Waals surface area contributed by atoms with Gasteiger partial charge in [0, 0.05) is 57.1 Å². The maximum atomic E-state index is 13.0. The molecule has 0 radical (unpaired) electrons. The molecule has 1 saturated heterocycles. The van der Waals surface area contributed by atoms with Crippen molar-refractivity contribution in [2.45, 2.75) is 39.3 Å². The Hall–Kier alpha value is -2.64. The maximum absolute atomic E-state index is 13.0. The number of benzene rings is 1. The van der Waals surface area contributed by atoms with E-state index in [1.54, 1.807) is 0 Å². The molecule has 1 aliphatic carbocycles. The lowest BCUT2D eigenvalue weighted by Crippen LogP contribution is -2.48. The fourth-order valence-electron chi connectivity index (χ4n) is 4.68. The number of carbonyl (C=O) groups excluding carboxylic acids is 1. The van der Waals surface area contributed by atoms with Crippen molar-refractivity contribution < 1.29 is 9.53 Å². The third kappa shape index (κ3) is 4.59. The van der Waals surface area contributed by atoms with Crippen LogP contribution in [0.2, 0.25) is 0 Å². The first kappa shape index (κ1) is 21.2. The van der Waals surface area contributed by atoms with Gasteiger partial charge in [0.25, 0.3) is 5.91 Å². The van der Waals surface area contributed by atoms with Crippen molar-refractivity contribution in [3.05, 3.63) is 68.7 Å². The van der Waals surface area contributed by atoms with Gasteiger partial charge in [-0.05, 0) is 60.9 Å². The number of fused-ring (bicyclic) bond motifs is 1. The Morgan fingerprint density at radius 2 is 1.94 bits per heavy atom. The molecule has 5 rings (SSSR count). The molecule has 1 amide bonds. The Morgan fingerprint density at radius 1 is 1.12 bits per heavy atom. The topological polar surface area (TPSA) is 50.6 Å². The van der Waals surface area contributed by atoms with E-state index in [4.69, 9.17) is 4.74 Å². The second kappa shape index (κ2) is 9.08. The maximum Gasteiger partial charge on any atom is 0.264 e. The standard InChI is InChI=1S/C25H30N4O2S/c1-18-22(14-27(2)26-18)15-28-8-10-29(11-9-28)25(30)24-12-19(17-32-24)16-31-23-7-6-20-4-3-5-21(20)13-23/h6-7,12-14,17H,3-5,8-11,15-16H2,1-2H3. The summed E-state index contributed by atoms with van der Waals surface area (Å²) in [5.41, 5.74) is 6.28. The molecular weight excluding hydrogens is 420 g/mol.